The highest BCUT2D eigenvalue weighted by molar-refractivity contribution is 5.99. The van der Waals surface area contributed by atoms with Crippen molar-refractivity contribution in [3.8, 4) is 0 Å². The monoisotopic (exact) mass is 468 g/mol. The third-order valence-corrected chi connectivity index (χ3v) is 11.9. The molecule has 1 unspecified atom stereocenters. The number of rotatable bonds is 2. The molecule has 6 heteroatoms. The van der Waals surface area contributed by atoms with Gasteiger partial charge in [0.25, 0.3) is 0 Å². The maximum atomic E-state index is 13.7. The molecule has 3 aliphatic heterocycles. The molecule has 0 amide bonds. The average Bonchev–Trinajstić information content (AvgIpc) is 3.59. The van der Waals surface area contributed by atoms with Crippen molar-refractivity contribution in [3.63, 3.8) is 0 Å². The minimum atomic E-state index is -0.959. The van der Waals surface area contributed by atoms with Gasteiger partial charge >= 0.3 is 0 Å². The van der Waals surface area contributed by atoms with Crippen LogP contribution in [-0.4, -0.2) is 52.0 Å². The van der Waals surface area contributed by atoms with E-state index in [4.69, 9.17) is 14.2 Å². The second-order valence-electron chi connectivity index (χ2n) is 13.1. The molecule has 5 fully saturated rings. The van der Waals surface area contributed by atoms with Crippen molar-refractivity contribution in [3.05, 3.63) is 23.8 Å². The van der Waals surface area contributed by atoms with Crippen LogP contribution in [0.5, 0.6) is 0 Å². The Hall–Kier alpha value is -1.34. The topological polar surface area (TPSA) is 88.7 Å². The Labute approximate surface area is 201 Å². The van der Waals surface area contributed by atoms with Crippen LogP contribution in [0.25, 0.3) is 0 Å². The zero-order valence-electron chi connectivity index (χ0n) is 20.8. The molecule has 3 heterocycles. The van der Waals surface area contributed by atoms with Gasteiger partial charge in [-0.25, -0.2) is 0 Å². The van der Waals surface area contributed by atoms with Gasteiger partial charge in [0, 0.05) is 18.3 Å². The number of ketones is 2. The second-order valence-corrected chi connectivity index (χ2v) is 13.1. The van der Waals surface area contributed by atoms with Gasteiger partial charge in [-0.1, -0.05) is 25.5 Å². The van der Waals surface area contributed by atoms with E-state index in [9.17, 15) is 14.7 Å². The summed E-state index contributed by atoms with van der Waals surface area (Å²) < 4.78 is 18.3. The molecular weight excluding hydrogens is 432 g/mol. The standard InChI is InChI=1S/C28H36O6/c1-14(19-13-25(3)27(5,34-25)23(31)32-19)17-12-18(29)22-15-11-21-28(33-21)9-6-7-20(30)26(28,4)16(15)8-10-24(17,22)2/h6-7,12,14-16,19,21-23,31H,8-11,13H2,1-5H3/t14-,15+,16-,19?,21+,22+,23+,24+,25-,26-,27+,28+/m0/s1. The summed E-state index contributed by atoms with van der Waals surface area (Å²) in [6, 6.07) is 0. The lowest BCUT2D eigenvalue weighted by atomic mass is 9.44. The van der Waals surface area contributed by atoms with Gasteiger partial charge in [0.15, 0.2) is 17.9 Å². The Morgan fingerprint density at radius 2 is 1.94 bits per heavy atom. The van der Waals surface area contributed by atoms with Crippen molar-refractivity contribution in [1.82, 2.24) is 0 Å². The van der Waals surface area contributed by atoms with Gasteiger partial charge in [0.05, 0.1) is 17.6 Å². The van der Waals surface area contributed by atoms with Crippen LogP contribution in [0.4, 0.5) is 0 Å². The van der Waals surface area contributed by atoms with Crippen LogP contribution in [0.15, 0.2) is 23.8 Å². The highest BCUT2D eigenvalue weighted by Gasteiger charge is 2.78. The van der Waals surface area contributed by atoms with E-state index in [2.05, 4.69) is 20.8 Å². The molecule has 6 nitrogen and oxygen atoms in total. The molecule has 7 rings (SSSR count). The van der Waals surface area contributed by atoms with Crippen molar-refractivity contribution >= 4 is 11.6 Å². The predicted octanol–water partition coefficient (Wildman–Crippen LogP) is 3.51. The molecule has 2 saturated carbocycles. The molecule has 0 aromatic rings. The average molecular weight is 469 g/mol. The Kier molecular flexibility index (Phi) is 3.95. The van der Waals surface area contributed by atoms with Crippen LogP contribution in [0, 0.1) is 34.5 Å². The van der Waals surface area contributed by atoms with Crippen molar-refractivity contribution in [2.45, 2.75) is 102 Å². The summed E-state index contributed by atoms with van der Waals surface area (Å²) in [6.45, 7) is 10.4. The van der Waals surface area contributed by atoms with Gasteiger partial charge in [0.2, 0.25) is 0 Å². The summed E-state index contributed by atoms with van der Waals surface area (Å²) in [5.74, 6) is 0.583. The van der Waals surface area contributed by atoms with Crippen LogP contribution in [0.2, 0.25) is 0 Å². The normalized spacial score (nSPS) is 59.8. The summed E-state index contributed by atoms with van der Waals surface area (Å²) >= 11 is 0. The number of carbonyl (C=O) groups excluding carboxylic acids is 2. The van der Waals surface area contributed by atoms with Crippen LogP contribution in [-0.2, 0) is 23.8 Å². The van der Waals surface area contributed by atoms with Gasteiger partial charge in [-0.2, -0.15) is 0 Å². The zero-order chi connectivity index (χ0) is 24.1. The first-order valence-corrected chi connectivity index (χ1v) is 13.1. The van der Waals surface area contributed by atoms with Crippen molar-refractivity contribution in [1.29, 1.82) is 0 Å². The lowest BCUT2D eigenvalue weighted by Crippen LogP contribution is -2.60. The summed E-state index contributed by atoms with van der Waals surface area (Å²) in [7, 11) is 0. The molecule has 184 valence electrons. The third kappa shape index (κ3) is 2.24. The first-order chi connectivity index (χ1) is 15.9. The number of hydrogen-bond donors (Lipinski definition) is 1. The summed E-state index contributed by atoms with van der Waals surface area (Å²) in [5, 5.41) is 10.6. The number of epoxide rings is 2. The summed E-state index contributed by atoms with van der Waals surface area (Å²) in [6.07, 6.45) is 8.73. The molecule has 1 N–H and O–H groups in total. The molecular formula is C28H36O6. The molecule has 3 saturated heterocycles. The van der Waals surface area contributed by atoms with Gasteiger partial charge in [-0.15, -0.1) is 0 Å². The largest absolute Gasteiger partial charge is 0.366 e. The van der Waals surface area contributed by atoms with E-state index < -0.39 is 17.3 Å². The Morgan fingerprint density at radius 3 is 2.68 bits per heavy atom. The number of ether oxygens (including phenoxy) is 3. The summed E-state index contributed by atoms with van der Waals surface area (Å²) in [4.78, 5) is 26.9. The SMILES string of the molecule is C[C@@H](C1=CC(=O)[C@H]2[C@@H]3C[C@H]4O[C@]45CC=CC(=O)[C@]5(C)[C@H]3CC[C@]12C)C1C[C@]2(C)O[C@]2(C)[C@H](O)O1. The van der Waals surface area contributed by atoms with E-state index in [0.717, 1.165) is 31.3 Å². The maximum absolute atomic E-state index is 13.7. The van der Waals surface area contributed by atoms with E-state index in [1.54, 1.807) is 6.08 Å². The van der Waals surface area contributed by atoms with Crippen LogP contribution in [0.3, 0.4) is 0 Å². The Balaban J connectivity index is 1.20. The number of allylic oxidation sites excluding steroid dienone is 2. The Morgan fingerprint density at radius 1 is 1.18 bits per heavy atom. The smallest absolute Gasteiger partial charge is 0.186 e. The second kappa shape index (κ2) is 6.13. The number of aliphatic hydroxyl groups excluding tert-OH is 1. The fourth-order valence-electron chi connectivity index (χ4n) is 9.45. The van der Waals surface area contributed by atoms with E-state index in [1.165, 1.54) is 0 Å². The maximum Gasteiger partial charge on any atom is 0.186 e. The van der Waals surface area contributed by atoms with Crippen molar-refractivity contribution < 1.29 is 28.9 Å². The third-order valence-electron chi connectivity index (χ3n) is 11.9. The van der Waals surface area contributed by atoms with Gasteiger partial charge < -0.3 is 19.3 Å². The first kappa shape index (κ1) is 21.9. The predicted molar refractivity (Wildman–Crippen MR) is 123 cm³/mol. The molecule has 0 radical (unpaired) electrons. The highest BCUT2D eigenvalue weighted by Crippen LogP contribution is 2.72. The Bertz CT molecular complexity index is 1080. The van der Waals surface area contributed by atoms with E-state index in [0.29, 0.717) is 6.42 Å². The fourth-order valence-corrected chi connectivity index (χ4v) is 9.45. The number of hydrogen-bond acceptors (Lipinski definition) is 6. The molecule has 0 bridgehead atoms. The molecule has 34 heavy (non-hydrogen) atoms. The van der Waals surface area contributed by atoms with Gasteiger partial charge in [-0.05, 0) is 75.9 Å². The van der Waals surface area contributed by atoms with Gasteiger partial charge in [0.1, 0.15) is 16.8 Å². The van der Waals surface area contributed by atoms with Gasteiger partial charge in [-0.3, -0.25) is 9.59 Å². The quantitative estimate of drug-likeness (QED) is 0.624. The minimum absolute atomic E-state index is 0.00501. The minimum Gasteiger partial charge on any atom is -0.366 e. The van der Waals surface area contributed by atoms with Crippen molar-refractivity contribution in [2.75, 3.05) is 0 Å². The zero-order valence-corrected chi connectivity index (χ0v) is 20.8. The molecule has 1 spiro atoms. The summed E-state index contributed by atoms with van der Waals surface area (Å²) in [5.41, 5.74) is -1.01. The molecule has 0 aromatic carbocycles. The lowest BCUT2D eigenvalue weighted by molar-refractivity contribution is -0.192. The molecule has 4 aliphatic carbocycles. The highest BCUT2D eigenvalue weighted by atomic mass is 16.7. The lowest BCUT2D eigenvalue weighted by Gasteiger charge is -2.56. The number of aliphatic hydroxyl groups is 1. The van der Waals surface area contributed by atoms with E-state index >= 15 is 0 Å². The molecule has 12 atom stereocenters. The number of fused-ring (bicyclic) bond motifs is 5. The van der Waals surface area contributed by atoms with Crippen LogP contribution < -0.4 is 0 Å². The first-order valence-electron chi connectivity index (χ1n) is 13.1. The van der Waals surface area contributed by atoms with E-state index in [1.807, 2.05) is 26.0 Å². The van der Waals surface area contributed by atoms with Crippen molar-refractivity contribution in [2.24, 2.45) is 34.5 Å². The van der Waals surface area contributed by atoms with E-state index in [-0.39, 0.29) is 64.1 Å². The molecule has 0 aromatic heterocycles. The number of carbonyl (C=O) groups is 2. The molecule has 7 aliphatic rings. The fraction of sp³-hybridized carbons (Fsp3) is 0.786. The van der Waals surface area contributed by atoms with Crippen LogP contribution in [0.1, 0.15) is 66.7 Å². The van der Waals surface area contributed by atoms with Crippen LogP contribution >= 0.6 is 0 Å².